The number of aryl methyl sites for hydroxylation is 1. The largest absolute Gasteiger partial charge is 0.352 e. The normalized spacial score (nSPS) is 18.2. The predicted molar refractivity (Wildman–Crippen MR) is 126 cm³/mol. The van der Waals surface area contributed by atoms with Gasteiger partial charge >= 0.3 is 0 Å². The van der Waals surface area contributed by atoms with E-state index >= 15 is 0 Å². The SMILES string of the molecule is Cn1cnc(CNS(=O)(=O)NCC2CC(c3c(-c4ccc(F)cc4)[nH]c4c(F)cc(F)cc34)C2)c1. The van der Waals surface area contributed by atoms with Crippen LogP contribution in [0.5, 0.6) is 0 Å². The molecule has 0 amide bonds. The lowest BCUT2D eigenvalue weighted by molar-refractivity contribution is 0.267. The molecule has 5 rings (SSSR count). The summed E-state index contributed by atoms with van der Waals surface area (Å²) < 4.78 is 73.4. The second kappa shape index (κ2) is 9.14. The molecular weight excluding hydrogens is 479 g/mol. The summed E-state index contributed by atoms with van der Waals surface area (Å²) in [5, 5.41) is 0.447. The number of aromatic amines is 1. The van der Waals surface area contributed by atoms with E-state index in [1.807, 2.05) is 0 Å². The van der Waals surface area contributed by atoms with E-state index in [0.29, 0.717) is 35.2 Å². The summed E-state index contributed by atoms with van der Waals surface area (Å²) in [7, 11) is -1.90. The van der Waals surface area contributed by atoms with Crippen molar-refractivity contribution < 1.29 is 21.6 Å². The third-order valence-corrected chi connectivity index (χ3v) is 7.48. The highest BCUT2D eigenvalue weighted by molar-refractivity contribution is 7.87. The van der Waals surface area contributed by atoms with Crippen molar-refractivity contribution >= 4 is 21.1 Å². The van der Waals surface area contributed by atoms with Crippen LogP contribution in [0.25, 0.3) is 22.2 Å². The van der Waals surface area contributed by atoms with Crippen LogP contribution in [0.4, 0.5) is 13.2 Å². The fraction of sp³-hybridized carbons (Fsp3) is 0.292. The van der Waals surface area contributed by atoms with Gasteiger partial charge in [-0.15, -0.1) is 0 Å². The molecular formula is C24H24F3N5O2S. The Balaban J connectivity index is 1.30. The summed E-state index contributed by atoms with van der Waals surface area (Å²) in [5.74, 6) is -1.73. The van der Waals surface area contributed by atoms with E-state index in [1.165, 1.54) is 18.2 Å². The molecule has 2 aromatic heterocycles. The fourth-order valence-electron chi connectivity index (χ4n) is 4.65. The molecule has 4 aromatic rings. The monoisotopic (exact) mass is 503 g/mol. The van der Waals surface area contributed by atoms with Crippen LogP contribution in [0, 0.1) is 23.4 Å². The first kappa shape index (κ1) is 23.6. The number of halogens is 3. The third kappa shape index (κ3) is 4.97. The number of nitrogens with zero attached hydrogens (tertiary/aromatic N) is 2. The van der Waals surface area contributed by atoms with E-state index in [4.69, 9.17) is 0 Å². The van der Waals surface area contributed by atoms with E-state index < -0.39 is 27.7 Å². The number of hydrogen-bond donors (Lipinski definition) is 3. The standard InChI is InChI=1S/C24H24F3N5O2S/c1-32-12-19(28-13-32)11-30-35(33,34)29-10-14-6-16(7-14)22-20-8-18(26)9-21(27)24(20)31-23(22)15-2-4-17(25)5-3-15/h2-5,8-9,12-14,16,29-31H,6-7,10-11H2,1H3. The molecule has 2 heterocycles. The first-order chi connectivity index (χ1) is 16.7. The molecule has 11 heteroatoms. The third-order valence-electron chi connectivity index (χ3n) is 6.41. The zero-order valence-corrected chi connectivity index (χ0v) is 19.7. The zero-order valence-electron chi connectivity index (χ0n) is 18.9. The molecule has 35 heavy (non-hydrogen) atoms. The van der Waals surface area contributed by atoms with E-state index in [9.17, 15) is 21.6 Å². The number of benzene rings is 2. The minimum absolute atomic E-state index is 0.0269. The Morgan fingerprint density at radius 3 is 2.51 bits per heavy atom. The van der Waals surface area contributed by atoms with Gasteiger partial charge in [0.25, 0.3) is 10.2 Å². The topological polar surface area (TPSA) is 91.8 Å². The second-order valence-electron chi connectivity index (χ2n) is 8.97. The van der Waals surface area contributed by atoms with E-state index in [2.05, 4.69) is 19.4 Å². The minimum atomic E-state index is -3.70. The minimum Gasteiger partial charge on any atom is -0.352 e. The Morgan fingerprint density at radius 1 is 1.09 bits per heavy atom. The van der Waals surface area contributed by atoms with Gasteiger partial charge in [-0.2, -0.15) is 13.1 Å². The first-order valence-corrected chi connectivity index (χ1v) is 12.6. The van der Waals surface area contributed by atoms with Crippen molar-refractivity contribution in [1.82, 2.24) is 24.0 Å². The summed E-state index contributed by atoms with van der Waals surface area (Å²) in [5.41, 5.74) is 2.85. The molecule has 1 aliphatic carbocycles. The van der Waals surface area contributed by atoms with Gasteiger partial charge in [0, 0.05) is 31.2 Å². The van der Waals surface area contributed by atoms with Gasteiger partial charge in [0.05, 0.1) is 29.8 Å². The Hall–Kier alpha value is -3.15. The van der Waals surface area contributed by atoms with Crippen molar-refractivity contribution in [2.24, 2.45) is 13.0 Å². The van der Waals surface area contributed by atoms with Crippen LogP contribution in [0.3, 0.4) is 0 Å². The highest BCUT2D eigenvalue weighted by Gasteiger charge is 2.35. The summed E-state index contributed by atoms with van der Waals surface area (Å²) in [6, 6.07) is 7.95. The van der Waals surface area contributed by atoms with Crippen LogP contribution in [0.2, 0.25) is 0 Å². The maximum absolute atomic E-state index is 14.5. The summed E-state index contributed by atoms with van der Waals surface area (Å²) in [4.78, 5) is 7.14. The molecule has 0 radical (unpaired) electrons. The number of nitrogens with one attached hydrogen (secondary N) is 3. The molecule has 0 bridgehead atoms. The van der Waals surface area contributed by atoms with Gasteiger partial charge in [0.2, 0.25) is 0 Å². The van der Waals surface area contributed by atoms with Gasteiger partial charge in [-0.25, -0.2) is 22.9 Å². The quantitative estimate of drug-likeness (QED) is 0.338. The molecule has 3 N–H and O–H groups in total. The predicted octanol–water partition coefficient (Wildman–Crippen LogP) is 4.10. The van der Waals surface area contributed by atoms with Crippen molar-refractivity contribution in [3.63, 3.8) is 0 Å². The highest BCUT2D eigenvalue weighted by atomic mass is 32.2. The highest BCUT2D eigenvalue weighted by Crippen LogP contribution is 2.48. The molecule has 0 saturated heterocycles. The molecule has 1 saturated carbocycles. The van der Waals surface area contributed by atoms with Crippen molar-refractivity contribution in [2.45, 2.75) is 25.3 Å². The lowest BCUT2D eigenvalue weighted by atomic mass is 9.70. The van der Waals surface area contributed by atoms with E-state index in [1.54, 1.807) is 36.3 Å². The lowest BCUT2D eigenvalue weighted by Crippen LogP contribution is -2.41. The molecule has 1 fully saturated rings. The van der Waals surface area contributed by atoms with Crippen LogP contribution < -0.4 is 9.44 Å². The Bertz CT molecular complexity index is 1480. The summed E-state index contributed by atoms with van der Waals surface area (Å²) >= 11 is 0. The van der Waals surface area contributed by atoms with Gasteiger partial charge < -0.3 is 9.55 Å². The fourth-order valence-corrected chi connectivity index (χ4v) is 5.55. The number of aromatic nitrogens is 3. The van der Waals surface area contributed by atoms with Crippen molar-refractivity contribution in [2.75, 3.05) is 6.54 Å². The molecule has 0 aliphatic heterocycles. The molecule has 0 unspecified atom stereocenters. The average molecular weight is 504 g/mol. The zero-order chi connectivity index (χ0) is 24.7. The number of fused-ring (bicyclic) bond motifs is 1. The Morgan fingerprint density at radius 2 is 1.83 bits per heavy atom. The van der Waals surface area contributed by atoms with Gasteiger partial charge in [-0.05, 0) is 66.1 Å². The molecule has 0 atom stereocenters. The van der Waals surface area contributed by atoms with E-state index in [-0.39, 0.29) is 30.4 Å². The molecule has 7 nitrogen and oxygen atoms in total. The maximum Gasteiger partial charge on any atom is 0.277 e. The van der Waals surface area contributed by atoms with Crippen LogP contribution >= 0.6 is 0 Å². The number of rotatable bonds is 8. The first-order valence-electron chi connectivity index (χ1n) is 11.2. The molecule has 1 aliphatic rings. The van der Waals surface area contributed by atoms with E-state index in [0.717, 1.165) is 11.6 Å². The van der Waals surface area contributed by atoms with Crippen LogP contribution in [0.15, 0.2) is 48.9 Å². The van der Waals surface area contributed by atoms with Crippen LogP contribution in [-0.4, -0.2) is 29.5 Å². The lowest BCUT2D eigenvalue weighted by Gasteiger charge is -2.36. The second-order valence-corrected chi connectivity index (χ2v) is 10.6. The number of imidazole rings is 1. The molecule has 184 valence electrons. The number of H-pyrrole nitrogens is 1. The van der Waals surface area contributed by atoms with Crippen LogP contribution in [-0.2, 0) is 23.8 Å². The van der Waals surface area contributed by atoms with Gasteiger partial charge in [-0.1, -0.05) is 0 Å². The Labute approximate surface area is 200 Å². The van der Waals surface area contributed by atoms with Gasteiger partial charge in [-0.3, -0.25) is 0 Å². The van der Waals surface area contributed by atoms with Gasteiger partial charge in [0.1, 0.15) is 17.5 Å². The Kier molecular flexibility index (Phi) is 6.16. The average Bonchev–Trinajstić information content (AvgIpc) is 3.36. The summed E-state index contributed by atoms with van der Waals surface area (Å²) in [6.07, 6.45) is 4.60. The smallest absolute Gasteiger partial charge is 0.277 e. The van der Waals surface area contributed by atoms with Gasteiger partial charge in [0.15, 0.2) is 0 Å². The van der Waals surface area contributed by atoms with Crippen molar-refractivity contribution in [1.29, 1.82) is 0 Å². The molecule has 2 aromatic carbocycles. The van der Waals surface area contributed by atoms with Crippen molar-refractivity contribution in [3.8, 4) is 11.3 Å². The van der Waals surface area contributed by atoms with Crippen molar-refractivity contribution in [3.05, 3.63) is 77.6 Å². The maximum atomic E-state index is 14.5. The summed E-state index contributed by atoms with van der Waals surface area (Å²) in [6.45, 7) is 0.321. The molecule has 0 spiro atoms. The number of hydrogen-bond acceptors (Lipinski definition) is 3. The van der Waals surface area contributed by atoms with Crippen LogP contribution in [0.1, 0.15) is 30.0 Å².